The molecule has 1 saturated carbocycles. The van der Waals surface area contributed by atoms with Gasteiger partial charge < -0.3 is 19.5 Å². The summed E-state index contributed by atoms with van der Waals surface area (Å²) in [5, 5.41) is 2.90. The molecule has 2 aromatic carbocycles. The van der Waals surface area contributed by atoms with Crippen LogP contribution in [0.25, 0.3) is 0 Å². The van der Waals surface area contributed by atoms with Crippen molar-refractivity contribution >= 4 is 5.91 Å². The second-order valence-corrected chi connectivity index (χ2v) is 7.81. The molecule has 5 nitrogen and oxygen atoms in total. The number of ether oxygens (including phenoxy) is 3. The Labute approximate surface area is 166 Å². The molecule has 0 bridgehead atoms. The van der Waals surface area contributed by atoms with Gasteiger partial charge in [0.15, 0.2) is 0 Å². The number of fused-ring (bicyclic) bond motifs is 1. The predicted molar refractivity (Wildman–Crippen MR) is 107 cm³/mol. The van der Waals surface area contributed by atoms with Crippen molar-refractivity contribution in [3.05, 3.63) is 53.6 Å². The van der Waals surface area contributed by atoms with Crippen LogP contribution in [0, 0.1) is 5.92 Å². The largest absolute Gasteiger partial charge is 0.493 e. The molecule has 2 aromatic rings. The third-order valence-corrected chi connectivity index (χ3v) is 5.24. The standard InChI is InChI=1S/C23H27NO4/c1-15(24-16(2)25)22-11-19-7-10-21(12-23(19)28-22)27-14-18-5-8-20(9-6-18)26-13-17-3-4-17/h5-10,12,15,17,22H,3-4,11,13-14H2,1-2H3,(H,24,25)/t15-,22-/m0/s1. The van der Waals surface area contributed by atoms with Gasteiger partial charge in [0.2, 0.25) is 5.91 Å². The van der Waals surface area contributed by atoms with Crippen molar-refractivity contribution < 1.29 is 19.0 Å². The number of hydrogen-bond donors (Lipinski definition) is 1. The highest BCUT2D eigenvalue weighted by Gasteiger charge is 2.28. The fourth-order valence-corrected chi connectivity index (χ4v) is 3.36. The van der Waals surface area contributed by atoms with E-state index < -0.39 is 0 Å². The Morgan fingerprint density at radius 2 is 1.89 bits per heavy atom. The van der Waals surface area contributed by atoms with E-state index in [0.717, 1.165) is 47.3 Å². The third kappa shape index (κ3) is 4.77. The SMILES string of the molecule is CC(=O)N[C@@H](C)[C@@H]1Cc2ccc(OCc3ccc(OCC4CC4)cc3)cc2O1. The lowest BCUT2D eigenvalue weighted by Crippen LogP contribution is -2.42. The summed E-state index contributed by atoms with van der Waals surface area (Å²) in [5.41, 5.74) is 2.24. The monoisotopic (exact) mass is 381 g/mol. The summed E-state index contributed by atoms with van der Waals surface area (Å²) in [6.07, 6.45) is 3.34. The van der Waals surface area contributed by atoms with E-state index in [9.17, 15) is 4.79 Å². The molecular weight excluding hydrogens is 354 g/mol. The Balaban J connectivity index is 1.30. The number of nitrogens with one attached hydrogen (secondary N) is 1. The minimum absolute atomic E-state index is 0.0325. The maximum Gasteiger partial charge on any atom is 0.217 e. The Hall–Kier alpha value is -2.69. The highest BCUT2D eigenvalue weighted by Crippen LogP contribution is 2.34. The van der Waals surface area contributed by atoms with Gasteiger partial charge in [0.1, 0.15) is 30.0 Å². The molecule has 5 heteroatoms. The Morgan fingerprint density at radius 1 is 1.14 bits per heavy atom. The first-order valence-electron chi connectivity index (χ1n) is 9.98. The molecule has 1 fully saturated rings. The molecular formula is C23H27NO4. The van der Waals surface area contributed by atoms with Crippen molar-refractivity contribution in [3.63, 3.8) is 0 Å². The van der Waals surface area contributed by atoms with Crippen LogP contribution in [0.15, 0.2) is 42.5 Å². The van der Waals surface area contributed by atoms with Crippen LogP contribution in [0.5, 0.6) is 17.2 Å². The number of amides is 1. The number of rotatable bonds is 8. The number of benzene rings is 2. The maximum absolute atomic E-state index is 11.3. The minimum Gasteiger partial charge on any atom is -0.493 e. The molecule has 148 valence electrons. The second kappa shape index (κ2) is 8.13. The molecule has 4 rings (SSSR count). The number of hydrogen-bond acceptors (Lipinski definition) is 4. The lowest BCUT2D eigenvalue weighted by atomic mass is 10.1. The second-order valence-electron chi connectivity index (χ2n) is 7.81. The van der Waals surface area contributed by atoms with Gasteiger partial charge in [0.25, 0.3) is 0 Å². The van der Waals surface area contributed by atoms with E-state index in [0.29, 0.717) is 6.61 Å². The van der Waals surface area contributed by atoms with Crippen LogP contribution in [0.2, 0.25) is 0 Å². The van der Waals surface area contributed by atoms with E-state index in [-0.39, 0.29) is 18.1 Å². The normalized spacial score (nSPS) is 18.7. The average molecular weight is 381 g/mol. The van der Waals surface area contributed by atoms with Gasteiger partial charge in [-0.15, -0.1) is 0 Å². The van der Waals surface area contributed by atoms with Crippen LogP contribution in [-0.2, 0) is 17.8 Å². The zero-order chi connectivity index (χ0) is 19.5. The van der Waals surface area contributed by atoms with Gasteiger partial charge in [-0.25, -0.2) is 0 Å². The summed E-state index contributed by atoms with van der Waals surface area (Å²) < 4.78 is 17.7. The van der Waals surface area contributed by atoms with Crippen molar-refractivity contribution in [2.24, 2.45) is 5.92 Å². The van der Waals surface area contributed by atoms with E-state index in [2.05, 4.69) is 5.32 Å². The summed E-state index contributed by atoms with van der Waals surface area (Å²) in [6, 6.07) is 14.0. The fraction of sp³-hybridized carbons (Fsp3) is 0.435. The predicted octanol–water partition coefficient (Wildman–Crippen LogP) is 3.88. The van der Waals surface area contributed by atoms with E-state index in [1.807, 2.05) is 49.4 Å². The summed E-state index contributed by atoms with van der Waals surface area (Å²) in [6.45, 7) is 4.81. The molecule has 1 amide bonds. The van der Waals surface area contributed by atoms with E-state index in [4.69, 9.17) is 14.2 Å². The van der Waals surface area contributed by atoms with Gasteiger partial charge in [0.05, 0.1) is 12.6 Å². The van der Waals surface area contributed by atoms with Crippen molar-refractivity contribution in [2.45, 2.75) is 51.9 Å². The smallest absolute Gasteiger partial charge is 0.217 e. The fourth-order valence-electron chi connectivity index (χ4n) is 3.36. The van der Waals surface area contributed by atoms with E-state index in [1.165, 1.54) is 19.8 Å². The maximum atomic E-state index is 11.3. The third-order valence-electron chi connectivity index (χ3n) is 5.24. The summed E-state index contributed by atoms with van der Waals surface area (Å²) in [5.74, 6) is 3.25. The molecule has 28 heavy (non-hydrogen) atoms. The molecule has 1 aliphatic carbocycles. The van der Waals surface area contributed by atoms with Gasteiger partial charge in [-0.2, -0.15) is 0 Å². The topological polar surface area (TPSA) is 56.8 Å². The van der Waals surface area contributed by atoms with Crippen molar-refractivity contribution in [2.75, 3.05) is 6.61 Å². The Bertz CT molecular complexity index is 829. The number of carbonyl (C=O) groups is 1. The minimum atomic E-state index is -0.0441. The first-order chi connectivity index (χ1) is 13.6. The molecule has 2 atom stereocenters. The zero-order valence-electron chi connectivity index (χ0n) is 16.4. The van der Waals surface area contributed by atoms with Gasteiger partial charge in [-0.1, -0.05) is 18.2 Å². The summed E-state index contributed by atoms with van der Waals surface area (Å²) >= 11 is 0. The number of carbonyl (C=O) groups excluding carboxylic acids is 1. The Kier molecular flexibility index (Phi) is 5.42. The van der Waals surface area contributed by atoms with Crippen molar-refractivity contribution in [1.29, 1.82) is 0 Å². The highest BCUT2D eigenvalue weighted by atomic mass is 16.5. The Morgan fingerprint density at radius 3 is 2.61 bits per heavy atom. The average Bonchev–Trinajstić information content (AvgIpc) is 3.41. The summed E-state index contributed by atoms with van der Waals surface area (Å²) in [7, 11) is 0. The highest BCUT2D eigenvalue weighted by molar-refractivity contribution is 5.73. The molecule has 0 radical (unpaired) electrons. The zero-order valence-corrected chi connectivity index (χ0v) is 16.4. The van der Waals surface area contributed by atoms with Crippen LogP contribution in [0.4, 0.5) is 0 Å². The van der Waals surface area contributed by atoms with Gasteiger partial charge in [-0.3, -0.25) is 4.79 Å². The lowest BCUT2D eigenvalue weighted by Gasteiger charge is -2.19. The molecule has 2 aliphatic rings. The van der Waals surface area contributed by atoms with Crippen LogP contribution in [0.1, 0.15) is 37.8 Å². The van der Waals surface area contributed by atoms with Gasteiger partial charge in [0, 0.05) is 19.4 Å². The van der Waals surface area contributed by atoms with Crippen LogP contribution < -0.4 is 19.5 Å². The van der Waals surface area contributed by atoms with Crippen LogP contribution in [-0.4, -0.2) is 24.7 Å². The van der Waals surface area contributed by atoms with Crippen molar-refractivity contribution in [3.8, 4) is 17.2 Å². The van der Waals surface area contributed by atoms with Gasteiger partial charge in [-0.05, 0) is 55.0 Å². The molecule has 0 spiro atoms. The first kappa shape index (κ1) is 18.7. The molecule has 1 aliphatic heterocycles. The van der Waals surface area contributed by atoms with Gasteiger partial charge >= 0.3 is 0 Å². The van der Waals surface area contributed by atoms with Crippen LogP contribution in [0.3, 0.4) is 0 Å². The van der Waals surface area contributed by atoms with Crippen LogP contribution >= 0.6 is 0 Å². The molecule has 1 heterocycles. The van der Waals surface area contributed by atoms with E-state index >= 15 is 0 Å². The molecule has 1 N–H and O–H groups in total. The quantitative estimate of drug-likeness (QED) is 0.754. The first-order valence-corrected chi connectivity index (χ1v) is 9.98. The molecule has 0 aromatic heterocycles. The van der Waals surface area contributed by atoms with E-state index in [1.54, 1.807) is 0 Å². The summed E-state index contributed by atoms with van der Waals surface area (Å²) in [4.78, 5) is 11.3. The lowest BCUT2D eigenvalue weighted by molar-refractivity contribution is -0.120. The molecule has 0 unspecified atom stereocenters. The molecule has 0 saturated heterocycles. The van der Waals surface area contributed by atoms with Crippen molar-refractivity contribution in [1.82, 2.24) is 5.32 Å².